The first kappa shape index (κ1) is 16.9. The molecule has 0 aliphatic heterocycles. The summed E-state index contributed by atoms with van der Waals surface area (Å²) >= 11 is 3.33. The van der Waals surface area contributed by atoms with Crippen LogP contribution in [0.2, 0.25) is 0 Å². The summed E-state index contributed by atoms with van der Waals surface area (Å²) in [5, 5.41) is 6.32. The van der Waals surface area contributed by atoms with Crippen molar-refractivity contribution in [2.45, 2.75) is 13.8 Å². The zero-order chi connectivity index (χ0) is 16.8. The molecule has 0 bridgehead atoms. The Morgan fingerprint density at radius 2 is 1.61 bits per heavy atom. The predicted molar refractivity (Wildman–Crippen MR) is 94.4 cm³/mol. The highest BCUT2D eigenvalue weighted by Gasteiger charge is 2.13. The lowest BCUT2D eigenvalue weighted by Crippen LogP contribution is -2.32. The molecule has 0 spiro atoms. The lowest BCUT2D eigenvalue weighted by Gasteiger charge is -2.06. The van der Waals surface area contributed by atoms with Gasteiger partial charge >= 0.3 is 11.8 Å². The van der Waals surface area contributed by atoms with Crippen LogP contribution in [0.1, 0.15) is 16.7 Å². The van der Waals surface area contributed by atoms with Crippen LogP contribution in [0.5, 0.6) is 0 Å². The Labute approximate surface area is 142 Å². The third-order valence-electron chi connectivity index (χ3n) is 2.94. The summed E-state index contributed by atoms with van der Waals surface area (Å²) in [5.74, 6) is -1.58. The lowest BCUT2D eigenvalue weighted by atomic mass is 10.1. The largest absolute Gasteiger partial charge is 0.329 e. The highest BCUT2D eigenvalue weighted by Crippen LogP contribution is 2.13. The first-order chi connectivity index (χ1) is 10.9. The molecule has 0 heterocycles. The van der Waals surface area contributed by atoms with Crippen LogP contribution >= 0.6 is 15.9 Å². The topological polar surface area (TPSA) is 70.6 Å². The van der Waals surface area contributed by atoms with E-state index in [1.807, 2.05) is 44.2 Å². The molecule has 0 saturated heterocycles. The average molecular weight is 374 g/mol. The third kappa shape index (κ3) is 5.34. The fourth-order valence-electron chi connectivity index (χ4n) is 2.00. The second kappa shape index (κ2) is 7.69. The van der Waals surface area contributed by atoms with Gasteiger partial charge in [-0.15, -0.1) is 0 Å². The fourth-order valence-corrected chi connectivity index (χ4v) is 2.26. The zero-order valence-electron chi connectivity index (χ0n) is 12.8. The van der Waals surface area contributed by atoms with E-state index in [0.29, 0.717) is 5.69 Å². The molecule has 2 aromatic rings. The average Bonchev–Trinajstić information content (AvgIpc) is 2.48. The van der Waals surface area contributed by atoms with Crippen molar-refractivity contribution in [3.8, 4) is 0 Å². The molecule has 0 aliphatic rings. The van der Waals surface area contributed by atoms with Crippen molar-refractivity contribution in [1.82, 2.24) is 5.43 Å². The van der Waals surface area contributed by atoms with Gasteiger partial charge < -0.3 is 5.32 Å². The van der Waals surface area contributed by atoms with Crippen LogP contribution in [-0.4, -0.2) is 18.0 Å². The molecular formula is C17H16BrN3O2. The Morgan fingerprint density at radius 1 is 1.00 bits per heavy atom. The molecule has 0 radical (unpaired) electrons. The van der Waals surface area contributed by atoms with Gasteiger partial charge in [-0.05, 0) is 54.8 Å². The number of anilines is 1. The van der Waals surface area contributed by atoms with Gasteiger partial charge in [0.1, 0.15) is 0 Å². The van der Waals surface area contributed by atoms with Crippen molar-refractivity contribution in [3.63, 3.8) is 0 Å². The van der Waals surface area contributed by atoms with Crippen molar-refractivity contribution >= 4 is 39.6 Å². The molecule has 0 fully saturated rings. The number of amides is 2. The molecular weight excluding hydrogens is 358 g/mol. The van der Waals surface area contributed by atoms with E-state index in [2.05, 4.69) is 31.8 Å². The van der Waals surface area contributed by atoms with Crippen molar-refractivity contribution in [2.75, 3.05) is 5.32 Å². The minimum atomic E-state index is -0.822. The standard InChI is InChI=1S/C17H16BrN3O2/c1-11-7-12(2)9-15(8-11)20-16(22)17(23)21-19-10-13-3-5-14(18)6-4-13/h3-10H,1-2H3,(H,20,22)(H,21,23)/b19-10-. The number of halogens is 1. The Morgan fingerprint density at radius 3 is 2.22 bits per heavy atom. The second-order valence-corrected chi connectivity index (χ2v) is 6.00. The quantitative estimate of drug-likeness (QED) is 0.492. The van der Waals surface area contributed by atoms with Crippen LogP contribution in [0.4, 0.5) is 5.69 Å². The van der Waals surface area contributed by atoms with E-state index >= 15 is 0 Å². The number of hydrazone groups is 1. The van der Waals surface area contributed by atoms with E-state index in [1.165, 1.54) is 6.21 Å². The van der Waals surface area contributed by atoms with Crippen molar-refractivity contribution in [1.29, 1.82) is 0 Å². The van der Waals surface area contributed by atoms with Gasteiger partial charge in [0, 0.05) is 10.2 Å². The summed E-state index contributed by atoms with van der Waals surface area (Å²) in [6, 6.07) is 12.9. The summed E-state index contributed by atoms with van der Waals surface area (Å²) in [4.78, 5) is 23.5. The summed E-state index contributed by atoms with van der Waals surface area (Å²) in [5.41, 5.74) is 5.61. The molecule has 0 atom stereocenters. The van der Waals surface area contributed by atoms with Crippen molar-refractivity contribution in [2.24, 2.45) is 5.10 Å². The van der Waals surface area contributed by atoms with Gasteiger partial charge in [-0.1, -0.05) is 34.1 Å². The summed E-state index contributed by atoms with van der Waals surface area (Å²) in [6.07, 6.45) is 1.47. The number of nitrogens with one attached hydrogen (secondary N) is 2. The summed E-state index contributed by atoms with van der Waals surface area (Å²) in [7, 11) is 0. The molecule has 2 aromatic carbocycles. The SMILES string of the molecule is Cc1cc(C)cc(NC(=O)C(=O)N/N=C\c2ccc(Br)cc2)c1. The van der Waals surface area contributed by atoms with Crippen LogP contribution in [0.3, 0.4) is 0 Å². The van der Waals surface area contributed by atoms with Gasteiger partial charge in [0.2, 0.25) is 0 Å². The lowest BCUT2D eigenvalue weighted by molar-refractivity contribution is -0.136. The summed E-state index contributed by atoms with van der Waals surface area (Å²) < 4.78 is 0.950. The molecule has 0 unspecified atom stereocenters. The predicted octanol–water partition coefficient (Wildman–Crippen LogP) is 3.15. The molecule has 0 aromatic heterocycles. The van der Waals surface area contributed by atoms with E-state index < -0.39 is 11.8 Å². The van der Waals surface area contributed by atoms with Gasteiger partial charge in [-0.25, -0.2) is 5.43 Å². The molecule has 0 aliphatic carbocycles. The zero-order valence-corrected chi connectivity index (χ0v) is 14.3. The molecule has 6 heteroatoms. The first-order valence-electron chi connectivity index (χ1n) is 6.92. The fraction of sp³-hybridized carbons (Fsp3) is 0.118. The molecule has 0 saturated carbocycles. The van der Waals surface area contributed by atoms with E-state index in [-0.39, 0.29) is 0 Å². The number of hydrogen-bond acceptors (Lipinski definition) is 3. The van der Waals surface area contributed by atoms with E-state index in [9.17, 15) is 9.59 Å². The van der Waals surface area contributed by atoms with Crippen LogP contribution < -0.4 is 10.7 Å². The second-order valence-electron chi connectivity index (χ2n) is 5.08. The Balaban J connectivity index is 1.92. The van der Waals surface area contributed by atoms with Crippen molar-refractivity contribution in [3.05, 3.63) is 63.6 Å². The van der Waals surface area contributed by atoms with Gasteiger partial charge in [-0.2, -0.15) is 5.10 Å². The smallest absolute Gasteiger partial charge is 0.318 e. The highest BCUT2D eigenvalue weighted by molar-refractivity contribution is 9.10. The van der Waals surface area contributed by atoms with E-state index in [1.54, 1.807) is 12.1 Å². The number of carbonyl (C=O) groups excluding carboxylic acids is 2. The van der Waals surface area contributed by atoms with Gasteiger partial charge in [0.15, 0.2) is 0 Å². The monoisotopic (exact) mass is 373 g/mol. The maximum Gasteiger partial charge on any atom is 0.329 e. The van der Waals surface area contributed by atoms with Crippen LogP contribution in [0.15, 0.2) is 52.0 Å². The number of benzene rings is 2. The number of aryl methyl sites for hydroxylation is 2. The minimum absolute atomic E-state index is 0.583. The number of nitrogens with zero attached hydrogens (tertiary/aromatic N) is 1. The van der Waals surface area contributed by atoms with Gasteiger partial charge in [-0.3, -0.25) is 9.59 Å². The number of hydrogen-bond donors (Lipinski definition) is 2. The number of carbonyl (C=O) groups is 2. The molecule has 2 amide bonds. The van der Waals surface area contributed by atoms with Crippen molar-refractivity contribution < 1.29 is 9.59 Å². The van der Waals surface area contributed by atoms with E-state index in [4.69, 9.17) is 0 Å². The molecule has 23 heavy (non-hydrogen) atoms. The molecule has 5 nitrogen and oxygen atoms in total. The van der Waals surface area contributed by atoms with Crippen LogP contribution in [-0.2, 0) is 9.59 Å². The minimum Gasteiger partial charge on any atom is -0.318 e. The van der Waals surface area contributed by atoms with E-state index in [0.717, 1.165) is 21.2 Å². The normalized spacial score (nSPS) is 10.6. The highest BCUT2D eigenvalue weighted by atomic mass is 79.9. The molecule has 118 valence electrons. The maximum absolute atomic E-state index is 11.8. The number of rotatable bonds is 3. The Bertz CT molecular complexity index is 735. The first-order valence-corrected chi connectivity index (χ1v) is 7.71. The maximum atomic E-state index is 11.8. The Kier molecular flexibility index (Phi) is 5.65. The third-order valence-corrected chi connectivity index (χ3v) is 3.46. The van der Waals surface area contributed by atoms with Crippen LogP contribution in [0, 0.1) is 13.8 Å². The van der Waals surface area contributed by atoms with Gasteiger partial charge in [0.05, 0.1) is 6.21 Å². The molecule has 2 N–H and O–H groups in total. The van der Waals surface area contributed by atoms with Gasteiger partial charge in [0.25, 0.3) is 0 Å². The van der Waals surface area contributed by atoms with Crippen LogP contribution in [0.25, 0.3) is 0 Å². The molecule has 2 rings (SSSR count). The summed E-state index contributed by atoms with van der Waals surface area (Å²) in [6.45, 7) is 3.84. The Hall–Kier alpha value is -2.47.